The molecule has 7 heteroatoms. The Morgan fingerprint density at radius 1 is 1.18 bits per heavy atom. The highest BCUT2D eigenvalue weighted by molar-refractivity contribution is 5.29. The van der Waals surface area contributed by atoms with Crippen LogP contribution in [0.1, 0.15) is 11.4 Å². The Bertz CT molecular complexity index is 631. The average Bonchev–Trinajstić information content (AvgIpc) is 3.01. The summed E-state index contributed by atoms with van der Waals surface area (Å²) in [5.41, 5.74) is 2.43. The summed E-state index contributed by atoms with van der Waals surface area (Å²) in [5, 5.41) is 37.9. The van der Waals surface area contributed by atoms with Crippen molar-refractivity contribution in [1.82, 2.24) is 19.9 Å². The summed E-state index contributed by atoms with van der Waals surface area (Å²) in [6.45, 7) is 2.41. The number of aliphatic hydroxyl groups excluding tert-OH is 3. The zero-order valence-electron chi connectivity index (χ0n) is 12.4. The number of benzene rings is 1. The first-order valence-corrected chi connectivity index (χ1v) is 7.29. The van der Waals surface area contributed by atoms with E-state index in [2.05, 4.69) is 10.2 Å². The molecular formula is C15H20N4O3. The number of rotatable bonds is 4. The molecule has 1 aliphatic heterocycles. The maximum Gasteiger partial charge on any atom is 0.100 e. The lowest BCUT2D eigenvalue weighted by Gasteiger charge is -2.22. The van der Waals surface area contributed by atoms with Crippen LogP contribution in [-0.4, -0.2) is 66.6 Å². The predicted molar refractivity (Wildman–Crippen MR) is 79.4 cm³/mol. The molecule has 7 nitrogen and oxygen atoms in total. The van der Waals surface area contributed by atoms with Gasteiger partial charge < -0.3 is 15.3 Å². The van der Waals surface area contributed by atoms with E-state index >= 15 is 0 Å². The van der Waals surface area contributed by atoms with Crippen molar-refractivity contribution in [2.45, 2.75) is 31.7 Å². The maximum absolute atomic E-state index is 9.87. The molecule has 3 rings (SSSR count). The van der Waals surface area contributed by atoms with Crippen molar-refractivity contribution in [2.75, 3.05) is 13.2 Å². The fourth-order valence-electron chi connectivity index (χ4n) is 2.79. The SMILES string of the molecule is Cc1nn(-c2ccccc2)nc1CN1C[C@H](O)[C@H](O)[C@H]1CO. The van der Waals surface area contributed by atoms with Gasteiger partial charge in [0.1, 0.15) is 5.69 Å². The van der Waals surface area contributed by atoms with Gasteiger partial charge >= 0.3 is 0 Å². The topological polar surface area (TPSA) is 94.6 Å². The molecule has 22 heavy (non-hydrogen) atoms. The van der Waals surface area contributed by atoms with Gasteiger partial charge in [-0.2, -0.15) is 15.0 Å². The van der Waals surface area contributed by atoms with Crippen LogP contribution in [-0.2, 0) is 6.54 Å². The molecule has 3 N–H and O–H groups in total. The lowest BCUT2D eigenvalue weighted by molar-refractivity contribution is 0.0209. The molecule has 118 valence electrons. The fourth-order valence-corrected chi connectivity index (χ4v) is 2.79. The Morgan fingerprint density at radius 2 is 1.91 bits per heavy atom. The summed E-state index contributed by atoms with van der Waals surface area (Å²) in [4.78, 5) is 3.41. The van der Waals surface area contributed by atoms with Gasteiger partial charge in [0.2, 0.25) is 0 Å². The van der Waals surface area contributed by atoms with Gasteiger partial charge in [-0.3, -0.25) is 4.90 Å². The Balaban J connectivity index is 1.80. The molecule has 0 spiro atoms. The van der Waals surface area contributed by atoms with Crippen LogP contribution in [0.2, 0.25) is 0 Å². The van der Waals surface area contributed by atoms with E-state index in [4.69, 9.17) is 0 Å². The van der Waals surface area contributed by atoms with Crippen LogP contribution in [0, 0.1) is 6.92 Å². The lowest BCUT2D eigenvalue weighted by atomic mass is 10.1. The molecule has 0 bridgehead atoms. The van der Waals surface area contributed by atoms with E-state index in [0.29, 0.717) is 13.1 Å². The van der Waals surface area contributed by atoms with Crippen LogP contribution >= 0.6 is 0 Å². The molecule has 0 radical (unpaired) electrons. The van der Waals surface area contributed by atoms with E-state index in [1.54, 1.807) is 4.80 Å². The number of likely N-dealkylation sites (tertiary alicyclic amines) is 1. The molecule has 1 aliphatic rings. The largest absolute Gasteiger partial charge is 0.395 e. The zero-order valence-corrected chi connectivity index (χ0v) is 12.4. The number of hydrogen-bond acceptors (Lipinski definition) is 6. The first-order chi connectivity index (χ1) is 10.6. The van der Waals surface area contributed by atoms with Crippen LogP contribution in [0.3, 0.4) is 0 Å². The van der Waals surface area contributed by atoms with Gasteiger partial charge in [0.05, 0.1) is 36.2 Å². The number of para-hydroxylation sites is 1. The van der Waals surface area contributed by atoms with Gasteiger partial charge in [-0.05, 0) is 19.1 Å². The third kappa shape index (κ3) is 2.76. The monoisotopic (exact) mass is 304 g/mol. The van der Waals surface area contributed by atoms with Gasteiger partial charge in [0, 0.05) is 13.1 Å². The van der Waals surface area contributed by atoms with Crippen molar-refractivity contribution in [2.24, 2.45) is 0 Å². The second-order valence-corrected chi connectivity index (χ2v) is 5.59. The van der Waals surface area contributed by atoms with E-state index in [1.165, 1.54) is 0 Å². The summed E-state index contributed by atoms with van der Waals surface area (Å²) in [5.74, 6) is 0. The lowest BCUT2D eigenvalue weighted by Crippen LogP contribution is -2.38. The molecule has 2 aromatic rings. The van der Waals surface area contributed by atoms with E-state index in [-0.39, 0.29) is 6.61 Å². The molecule has 0 amide bonds. The average molecular weight is 304 g/mol. The van der Waals surface area contributed by atoms with E-state index in [1.807, 2.05) is 42.2 Å². The quantitative estimate of drug-likeness (QED) is 0.703. The second kappa shape index (κ2) is 6.13. The number of hydrogen-bond donors (Lipinski definition) is 3. The highest BCUT2D eigenvalue weighted by Crippen LogP contribution is 2.21. The van der Waals surface area contributed by atoms with Crippen LogP contribution in [0.25, 0.3) is 5.69 Å². The zero-order chi connectivity index (χ0) is 15.7. The minimum atomic E-state index is -0.936. The number of aryl methyl sites for hydroxylation is 1. The fraction of sp³-hybridized carbons (Fsp3) is 0.467. The van der Waals surface area contributed by atoms with Gasteiger partial charge in [0.15, 0.2) is 0 Å². The molecular weight excluding hydrogens is 284 g/mol. The third-order valence-electron chi connectivity index (χ3n) is 4.08. The number of aromatic nitrogens is 3. The van der Waals surface area contributed by atoms with Crippen molar-refractivity contribution in [1.29, 1.82) is 0 Å². The first kappa shape index (κ1) is 15.1. The second-order valence-electron chi connectivity index (χ2n) is 5.59. The van der Waals surface area contributed by atoms with Crippen molar-refractivity contribution in [3.63, 3.8) is 0 Å². The molecule has 3 atom stereocenters. The standard InChI is InChI=1S/C15H20N4O3/c1-10-12(7-18-8-14(21)15(22)13(18)9-20)17-19(16-10)11-5-3-2-4-6-11/h2-6,13-15,20-22H,7-9H2,1H3/t13-,14+,15-/m1/s1. The van der Waals surface area contributed by atoms with E-state index in [9.17, 15) is 15.3 Å². The minimum Gasteiger partial charge on any atom is -0.395 e. The highest BCUT2D eigenvalue weighted by Gasteiger charge is 2.39. The highest BCUT2D eigenvalue weighted by atomic mass is 16.3. The summed E-state index contributed by atoms with van der Waals surface area (Å²) >= 11 is 0. The summed E-state index contributed by atoms with van der Waals surface area (Å²) in [6.07, 6.45) is -1.78. The minimum absolute atomic E-state index is 0.204. The summed E-state index contributed by atoms with van der Waals surface area (Å²) in [6, 6.07) is 9.13. The van der Waals surface area contributed by atoms with Crippen LogP contribution in [0.4, 0.5) is 0 Å². The molecule has 2 heterocycles. The Labute approximate surface area is 128 Å². The van der Waals surface area contributed by atoms with Crippen LogP contribution in [0.15, 0.2) is 30.3 Å². The smallest absolute Gasteiger partial charge is 0.100 e. The van der Waals surface area contributed by atoms with Gasteiger partial charge in [-0.15, -0.1) is 0 Å². The maximum atomic E-state index is 9.87. The van der Waals surface area contributed by atoms with Crippen molar-refractivity contribution in [3.8, 4) is 5.69 Å². The van der Waals surface area contributed by atoms with Gasteiger partial charge in [0.25, 0.3) is 0 Å². The Kier molecular flexibility index (Phi) is 4.21. The van der Waals surface area contributed by atoms with Gasteiger partial charge in [-0.1, -0.05) is 18.2 Å². The van der Waals surface area contributed by atoms with Gasteiger partial charge in [-0.25, -0.2) is 0 Å². The number of aliphatic hydroxyl groups is 3. The molecule has 0 saturated carbocycles. The van der Waals surface area contributed by atoms with Crippen LogP contribution < -0.4 is 0 Å². The molecule has 1 saturated heterocycles. The predicted octanol–water partition coefficient (Wildman–Crippen LogP) is -0.526. The number of nitrogens with zero attached hydrogens (tertiary/aromatic N) is 4. The van der Waals surface area contributed by atoms with E-state index < -0.39 is 18.2 Å². The molecule has 0 aliphatic carbocycles. The molecule has 0 unspecified atom stereocenters. The van der Waals surface area contributed by atoms with Crippen molar-refractivity contribution in [3.05, 3.63) is 41.7 Å². The third-order valence-corrected chi connectivity index (χ3v) is 4.08. The van der Waals surface area contributed by atoms with Crippen molar-refractivity contribution >= 4 is 0 Å². The van der Waals surface area contributed by atoms with Crippen LogP contribution in [0.5, 0.6) is 0 Å². The summed E-state index contributed by atoms with van der Waals surface area (Å²) < 4.78 is 0. The summed E-state index contributed by atoms with van der Waals surface area (Å²) in [7, 11) is 0. The molecule has 1 aromatic heterocycles. The Morgan fingerprint density at radius 3 is 2.59 bits per heavy atom. The first-order valence-electron chi connectivity index (χ1n) is 7.29. The molecule has 1 aromatic carbocycles. The Hall–Kier alpha value is -1.80. The molecule has 1 fully saturated rings. The van der Waals surface area contributed by atoms with Crippen molar-refractivity contribution < 1.29 is 15.3 Å². The van der Waals surface area contributed by atoms with E-state index in [0.717, 1.165) is 17.1 Å². The number of β-amino-alcohol motifs (C(OH)–C–C–N with tert-alkyl or cyclic N) is 1. The normalized spacial score (nSPS) is 25.7.